The lowest BCUT2D eigenvalue weighted by Gasteiger charge is -2.18. The maximum atomic E-state index is 13.0. The van der Waals surface area contributed by atoms with Crippen molar-refractivity contribution in [3.8, 4) is 39.9 Å². The number of hydrogen-bond donors (Lipinski definition) is 2. The first-order chi connectivity index (χ1) is 17.0. The summed E-state index contributed by atoms with van der Waals surface area (Å²) in [5.74, 6) is 0.260. The summed E-state index contributed by atoms with van der Waals surface area (Å²) in [4.78, 5) is 24.9. The highest BCUT2D eigenvalue weighted by molar-refractivity contribution is 6.10. The third-order valence-corrected chi connectivity index (χ3v) is 5.92. The van der Waals surface area contributed by atoms with Crippen LogP contribution in [0.25, 0.3) is 44.6 Å². The molecule has 2 aromatic heterocycles. The first kappa shape index (κ1) is 20.9. The highest BCUT2D eigenvalue weighted by atomic mass is 16.6. The van der Waals surface area contributed by atoms with Crippen molar-refractivity contribution in [2.45, 2.75) is 6.42 Å². The van der Waals surface area contributed by atoms with Crippen LogP contribution in [0.15, 0.2) is 74.3 Å². The van der Waals surface area contributed by atoms with Gasteiger partial charge in [0.2, 0.25) is 0 Å². The quantitative estimate of drug-likeness (QED) is 0.378. The summed E-state index contributed by atoms with van der Waals surface area (Å²) in [6, 6.07) is 16.8. The molecule has 174 valence electrons. The minimum atomic E-state index is -1.09. The van der Waals surface area contributed by atoms with Crippen LogP contribution in [0.5, 0.6) is 17.2 Å². The van der Waals surface area contributed by atoms with E-state index < -0.39 is 17.8 Å². The molecule has 6 rings (SSSR count). The molecule has 0 fully saturated rings. The molecule has 2 N–H and O–H groups in total. The number of fused-ring (bicyclic) bond motifs is 4. The van der Waals surface area contributed by atoms with E-state index in [0.29, 0.717) is 52.5 Å². The number of furan rings is 1. The lowest BCUT2D eigenvalue weighted by molar-refractivity contribution is -0.136. The predicted molar refractivity (Wildman–Crippen MR) is 127 cm³/mol. The van der Waals surface area contributed by atoms with Gasteiger partial charge in [-0.1, -0.05) is 30.3 Å². The van der Waals surface area contributed by atoms with Crippen molar-refractivity contribution < 1.29 is 33.3 Å². The third kappa shape index (κ3) is 3.47. The molecule has 3 heterocycles. The fraction of sp³-hybridized carbons (Fsp3) is 0.111. The Kier molecular flexibility index (Phi) is 4.74. The number of rotatable bonds is 4. The fourth-order valence-electron chi connectivity index (χ4n) is 4.43. The van der Waals surface area contributed by atoms with Gasteiger partial charge >= 0.3 is 5.97 Å². The lowest BCUT2D eigenvalue weighted by Crippen LogP contribution is -2.15. The van der Waals surface area contributed by atoms with Gasteiger partial charge < -0.3 is 28.5 Å². The highest BCUT2D eigenvalue weighted by Crippen LogP contribution is 2.43. The van der Waals surface area contributed by atoms with Crippen molar-refractivity contribution >= 4 is 27.9 Å². The second-order valence-electron chi connectivity index (χ2n) is 8.15. The normalized spacial score (nSPS) is 12.8. The maximum absolute atomic E-state index is 13.0. The monoisotopic (exact) mass is 470 g/mol. The third-order valence-electron chi connectivity index (χ3n) is 5.92. The molecule has 0 atom stereocenters. The molecule has 3 aromatic carbocycles. The highest BCUT2D eigenvalue weighted by Gasteiger charge is 2.26. The minimum Gasteiger partial charge on any atom is -0.507 e. The maximum Gasteiger partial charge on any atom is 0.307 e. The van der Waals surface area contributed by atoms with Crippen LogP contribution in [-0.4, -0.2) is 29.4 Å². The number of carboxylic acid groups (broad SMARTS) is 1. The van der Waals surface area contributed by atoms with Crippen LogP contribution in [0.4, 0.5) is 0 Å². The molecule has 0 unspecified atom stereocenters. The second-order valence-corrected chi connectivity index (χ2v) is 8.15. The number of aromatic hydroxyl groups is 1. The summed E-state index contributed by atoms with van der Waals surface area (Å²) in [7, 11) is 0. The Morgan fingerprint density at radius 2 is 1.63 bits per heavy atom. The lowest BCUT2D eigenvalue weighted by atomic mass is 10.00. The molecular formula is C27H18O8. The van der Waals surface area contributed by atoms with Crippen LogP contribution in [0, 0.1) is 0 Å². The molecule has 1 aliphatic heterocycles. The topological polar surface area (TPSA) is 119 Å². The largest absolute Gasteiger partial charge is 0.507 e. The van der Waals surface area contributed by atoms with Gasteiger partial charge in [-0.05, 0) is 18.2 Å². The Labute approximate surface area is 197 Å². The summed E-state index contributed by atoms with van der Waals surface area (Å²) < 4.78 is 23.4. The van der Waals surface area contributed by atoms with Crippen molar-refractivity contribution in [2.24, 2.45) is 0 Å². The smallest absolute Gasteiger partial charge is 0.307 e. The van der Waals surface area contributed by atoms with E-state index in [0.717, 1.165) is 0 Å². The van der Waals surface area contributed by atoms with Crippen LogP contribution < -0.4 is 14.9 Å². The molecule has 0 spiro atoms. The van der Waals surface area contributed by atoms with Crippen molar-refractivity contribution in [2.75, 3.05) is 13.2 Å². The van der Waals surface area contributed by atoms with Crippen molar-refractivity contribution in [1.29, 1.82) is 0 Å². The van der Waals surface area contributed by atoms with E-state index in [-0.39, 0.29) is 28.1 Å². The zero-order valence-corrected chi connectivity index (χ0v) is 18.2. The zero-order chi connectivity index (χ0) is 24.1. The summed E-state index contributed by atoms with van der Waals surface area (Å²) in [5, 5.41) is 20.6. The summed E-state index contributed by atoms with van der Waals surface area (Å²) in [6.45, 7) is 0.833. The van der Waals surface area contributed by atoms with Crippen molar-refractivity contribution in [3.63, 3.8) is 0 Å². The van der Waals surface area contributed by atoms with E-state index in [1.807, 2.05) is 18.2 Å². The van der Waals surface area contributed by atoms with E-state index in [9.17, 15) is 19.8 Å². The number of carbonyl (C=O) groups is 1. The zero-order valence-electron chi connectivity index (χ0n) is 18.2. The van der Waals surface area contributed by atoms with E-state index in [2.05, 4.69) is 0 Å². The first-order valence-electron chi connectivity index (χ1n) is 10.9. The number of carboxylic acids is 1. The van der Waals surface area contributed by atoms with Crippen LogP contribution in [0.2, 0.25) is 0 Å². The van der Waals surface area contributed by atoms with Crippen LogP contribution in [-0.2, 0) is 11.2 Å². The predicted octanol–water partition coefficient (Wildman–Crippen LogP) is 4.98. The Morgan fingerprint density at radius 3 is 2.40 bits per heavy atom. The van der Waals surface area contributed by atoms with Gasteiger partial charge in [0.05, 0.1) is 11.8 Å². The molecule has 0 radical (unpaired) electrons. The molecule has 0 amide bonds. The first-order valence-corrected chi connectivity index (χ1v) is 10.9. The molecule has 0 saturated heterocycles. The number of hydrogen-bond acceptors (Lipinski definition) is 7. The minimum absolute atomic E-state index is 0.0432. The van der Waals surface area contributed by atoms with E-state index >= 15 is 0 Å². The molecule has 35 heavy (non-hydrogen) atoms. The molecule has 0 aliphatic carbocycles. The molecule has 8 heteroatoms. The molecular weight excluding hydrogens is 452 g/mol. The van der Waals surface area contributed by atoms with Crippen molar-refractivity contribution in [3.05, 3.63) is 76.5 Å². The summed E-state index contributed by atoms with van der Waals surface area (Å²) in [6.07, 6.45) is -0.393. The molecule has 5 aromatic rings. The average molecular weight is 470 g/mol. The van der Waals surface area contributed by atoms with Gasteiger partial charge in [0.1, 0.15) is 41.5 Å². The fourth-order valence-corrected chi connectivity index (χ4v) is 4.43. The number of phenols is 1. The van der Waals surface area contributed by atoms with E-state index in [4.69, 9.17) is 18.3 Å². The van der Waals surface area contributed by atoms with Gasteiger partial charge in [-0.3, -0.25) is 9.59 Å². The van der Waals surface area contributed by atoms with Gasteiger partial charge in [0.15, 0.2) is 22.5 Å². The summed E-state index contributed by atoms with van der Waals surface area (Å²) >= 11 is 0. The van der Waals surface area contributed by atoms with E-state index in [1.54, 1.807) is 30.3 Å². The van der Waals surface area contributed by atoms with Gasteiger partial charge in [-0.15, -0.1) is 0 Å². The van der Waals surface area contributed by atoms with Crippen LogP contribution in [0.3, 0.4) is 0 Å². The van der Waals surface area contributed by atoms with Gasteiger partial charge in [-0.2, -0.15) is 0 Å². The van der Waals surface area contributed by atoms with Crippen LogP contribution >= 0.6 is 0 Å². The second kappa shape index (κ2) is 7.95. The number of aliphatic carboxylic acids is 1. The van der Waals surface area contributed by atoms with Crippen LogP contribution in [0.1, 0.15) is 5.56 Å². The molecule has 1 aliphatic rings. The number of phenolic OH excluding ortho intramolecular Hbond substituents is 1. The Hall–Kier alpha value is -4.72. The van der Waals surface area contributed by atoms with Gasteiger partial charge in [0, 0.05) is 28.8 Å². The number of ether oxygens (including phenoxy) is 2. The van der Waals surface area contributed by atoms with E-state index in [1.165, 1.54) is 12.1 Å². The SMILES string of the molecule is O=C(O)Cc1c(-c2ccc3c(c2)OCCO3)oc2cc(O)c3c(=O)cc(-c4ccccc4)oc3c12. The number of benzene rings is 3. The molecule has 0 saturated carbocycles. The van der Waals surface area contributed by atoms with Crippen molar-refractivity contribution in [1.82, 2.24) is 0 Å². The summed E-state index contributed by atoms with van der Waals surface area (Å²) in [5.41, 5.74) is 1.37. The molecule has 8 nitrogen and oxygen atoms in total. The average Bonchev–Trinajstić information content (AvgIpc) is 3.21. The van der Waals surface area contributed by atoms with Gasteiger partial charge in [-0.25, -0.2) is 0 Å². The Morgan fingerprint density at radius 1 is 0.857 bits per heavy atom. The standard InChI is InChI=1S/C27H18O8/c28-17-12-20(14-4-2-1-3-5-14)34-27-24-16(11-23(30)31)26(35-22(24)13-18(29)25(17)27)15-6-7-19-21(10-15)33-9-8-32-19/h1-7,10,12-13,29H,8-9,11H2,(H,30,31). The molecule has 0 bridgehead atoms. The Balaban J connectivity index is 1.67. The Bertz CT molecular complexity index is 1680. The van der Waals surface area contributed by atoms with Gasteiger partial charge in [0.25, 0.3) is 0 Å².